The number of furan rings is 1. The first-order chi connectivity index (χ1) is 12.2. The van der Waals surface area contributed by atoms with Crippen molar-refractivity contribution in [3.8, 4) is 11.5 Å². The molecule has 1 amide bonds. The molecule has 0 saturated carbocycles. The van der Waals surface area contributed by atoms with Crippen LogP contribution in [0.3, 0.4) is 0 Å². The Kier molecular flexibility index (Phi) is 4.36. The quantitative estimate of drug-likeness (QED) is 0.774. The molecule has 3 heterocycles. The van der Waals surface area contributed by atoms with Crippen molar-refractivity contribution in [2.24, 2.45) is 0 Å². The maximum Gasteiger partial charge on any atom is 0.254 e. The third-order valence-electron chi connectivity index (χ3n) is 4.77. The Morgan fingerprint density at radius 2 is 2.04 bits per heavy atom. The van der Waals surface area contributed by atoms with E-state index in [0.29, 0.717) is 12.3 Å². The number of carbonyl (C=O) groups excluding carboxylic acids is 1. The SMILES string of the molecule is CN(CCCN1Cc2cc3c(cc2C1=O)OCO3)CCc1ccco1. The van der Waals surface area contributed by atoms with E-state index in [1.54, 1.807) is 6.26 Å². The molecule has 25 heavy (non-hydrogen) atoms. The van der Waals surface area contributed by atoms with E-state index in [9.17, 15) is 4.79 Å². The van der Waals surface area contributed by atoms with Crippen LogP contribution in [-0.2, 0) is 13.0 Å². The predicted molar refractivity (Wildman–Crippen MR) is 91.8 cm³/mol. The minimum atomic E-state index is 0.0894. The Bertz CT molecular complexity index is 757. The molecule has 6 nitrogen and oxygen atoms in total. The zero-order valence-electron chi connectivity index (χ0n) is 14.4. The van der Waals surface area contributed by atoms with Crippen LogP contribution in [0.25, 0.3) is 0 Å². The highest BCUT2D eigenvalue weighted by Crippen LogP contribution is 2.37. The van der Waals surface area contributed by atoms with Crippen molar-refractivity contribution in [1.82, 2.24) is 9.80 Å². The predicted octanol–water partition coefficient (Wildman–Crippen LogP) is 2.53. The van der Waals surface area contributed by atoms with E-state index in [1.165, 1.54) is 0 Å². The van der Waals surface area contributed by atoms with Crippen LogP contribution < -0.4 is 9.47 Å². The summed E-state index contributed by atoms with van der Waals surface area (Å²) in [5.74, 6) is 2.51. The van der Waals surface area contributed by atoms with E-state index in [1.807, 2.05) is 29.2 Å². The molecule has 1 aromatic heterocycles. The molecule has 0 spiro atoms. The van der Waals surface area contributed by atoms with E-state index in [0.717, 1.165) is 55.1 Å². The van der Waals surface area contributed by atoms with Crippen LogP contribution in [0.15, 0.2) is 34.9 Å². The molecule has 0 saturated heterocycles. The van der Waals surface area contributed by atoms with Crippen molar-refractivity contribution < 1.29 is 18.7 Å². The molecule has 0 bridgehead atoms. The smallest absolute Gasteiger partial charge is 0.254 e. The third-order valence-corrected chi connectivity index (χ3v) is 4.77. The molecule has 0 unspecified atom stereocenters. The van der Waals surface area contributed by atoms with Crippen molar-refractivity contribution >= 4 is 5.91 Å². The zero-order valence-corrected chi connectivity index (χ0v) is 14.4. The second-order valence-corrected chi connectivity index (χ2v) is 6.58. The lowest BCUT2D eigenvalue weighted by molar-refractivity contribution is 0.0771. The number of nitrogens with zero attached hydrogens (tertiary/aromatic N) is 2. The van der Waals surface area contributed by atoms with E-state index in [4.69, 9.17) is 13.9 Å². The molecular formula is C19H22N2O4. The fourth-order valence-electron chi connectivity index (χ4n) is 3.34. The summed E-state index contributed by atoms with van der Waals surface area (Å²) >= 11 is 0. The van der Waals surface area contributed by atoms with Crippen LogP contribution in [-0.4, -0.2) is 49.2 Å². The van der Waals surface area contributed by atoms with Gasteiger partial charge in [-0.25, -0.2) is 0 Å². The van der Waals surface area contributed by atoms with E-state index in [-0.39, 0.29) is 12.7 Å². The van der Waals surface area contributed by atoms with Gasteiger partial charge in [-0.3, -0.25) is 4.79 Å². The van der Waals surface area contributed by atoms with Gasteiger partial charge < -0.3 is 23.7 Å². The molecule has 132 valence electrons. The number of hydrogen-bond donors (Lipinski definition) is 0. The molecular weight excluding hydrogens is 320 g/mol. The van der Waals surface area contributed by atoms with Gasteiger partial charge in [-0.05, 0) is 49.8 Å². The first-order valence-electron chi connectivity index (χ1n) is 8.63. The number of ether oxygens (including phenoxy) is 2. The van der Waals surface area contributed by atoms with Crippen LogP contribution >= 0.6 is 0 Å². The molecule has 0 atom stereocenters. The minimum Gasteiger partial charge on any atom is -0.469 e. The van der Waals surface area contributed by atoms with Gasteiger partial charge in [0.15, 0.2) is 11.5 Å². The van der Waals surface area contributed by atoms with E-state index < -0.39 is 0 Å². The molecule has 0 aliphatic carbocycles. The number of benzene rings is 1. The van der Waals surface area contributed by atoms with Crippen LogP contribution in [0.1, 0.15) is 28.1 Å². The van der Waals surface area contributed by atoms with Crippen molar-refractivity contribution in [3.63, 3.8) is 0 Å². The van der Waals surface area contributed by atoms with Crippen molar-refractivity contribution in [1.29, 1.82) is 0 Å². The summed E-state index contributed by atoms with van der Waals surface area (Å²) in [6.07, 6.45) is 3.56. The van der Waals surface area contributed by atoms with Crippen LogP contribution in [0.4, 0.5) is 0 Å². The van der Waals surface area contributed by atoms with E-state index in [2.05, 4.69) is 11.9 Å². The standard InChI is InChI=1S/C19H22N2O4/c1-20(8-5-15-4-2-9-23-15)6-3-7-21-12-14-10-17-18(25-13-24-17)11-16(14)19(21)22/h2,4,9-11H,3,5-8,12-13H2,1H3. The summed E-state index contributed by atoms with van der Waals surface area (Å²) in [6, 6.07) is 7.66. The van der Waals surface area contributed by atoms with Gasteiger partial charge in [-0.15, -0.1) is 0 Å². The molecule has 0 fully saturated rings. The van der Waals surface area contributed by atoms with Gasteiger partial charge in [0.1, 0.15) is 5.76 Å². The first kappa shape index (κ1) is 16.0. The Balaban J connectivity index is 1.26. The van der Waals surface area contributed by atoms with Crippen LogP contribution in [0, 0.1) is 0 Å². The van der Waals surface area contributed by atoms with Crippen LogP contribution in [0.5, 0.6) is 11.5 Å². The lowest BCUT2D eigenvalue weighted by Gasteiger charge is -2.19. The summed E-state index contributed by atoms with van der Waals surface area (Å²) in [5, 5.41) is 0. The van der Waals surface area contributed by atoms with Crippen LogP contribution in [0.2, 0.25) is 0 Å². The minimum absolute atomic E-state index is 0.0894. The lowest BCUT2D eigenvalue weighted by Crippen LogP contribution is -2.29. The van der Waals surface area contributed by atoms with E-state index >= 15 is 0 Å². The first-order valence-corrected chi connectivity index (χ1v) is 8.63. The molecule has 0 N–H and O–H groups in total. The second-order valence-electron chi connectivity index (χ2n) is 6.58. The Hall–Kier alpha value is -2.47. The number of amides is 1. The third kappa shape index (κ3) is 3.35. The monoisotopic (exact) mass is 342 g/mol. The topological polar surface area (TPSA) is 55.2 Å². The number of fused-ring (bicyclic) bond motifs is 2. The summed E-state index contributed by atoms with van der Waals surface area (Å²) in [6.45, 7) is 3.54. The zero-order chi connectivity index (χ0) is 17.2. The van der Waals surface area contributed by atoms with Gasteiger partial charge in [0.2, 0.25) is 6.79 Å². The highest BCUT2D eigenvalue weighted by molar-refractivity contribution is 5.99. The molecule has 2 aliphatic rings. The highest BCUT2D eigenvalue weighted by Gasteiger charge is 2.30. The average Bonchev–Trinajstić information content (AvgIpc) is 3.33. The summed E-state index contributed by atoms with van der Waals surface area (Å²) in [5.41, 5.74) is 1.77. The summed E-state index contributed by atoms with van der Waals surface area (Å²) < 4.78 is 16.1. The highest BCUT2D eigenvalue weighted by atomic mass is 16.7. The van der Waals surface area contributed by atoms with Gasteiger partial charge >= 0.3 is 0 Å². The summed E-state index contributed by atoms with van der Waals surface area (Å²) in [7, 11) is 2.10. The number of rotatable bonds is 7. The number of carbonyl (C=O) groups is 1. The lowest BCUT2D eigenvalue weighted by atomic mass is 10.1. The Morgan fingerprint density at radius 3 is 2.84 bits per heavy atom. The van der Waals surface area contributed by atoms with Gasteiger partial charge in [-0.2, -0.15) is 0 Å². The van der Waals surface area contributed by atoms with Gasteiger partial charge in [0.25, 0.3) is 5.91 Å². The van der Waals surface area contributed by atoms with Crippen molar-refractivity contribution in [2.45, 2.75) is 19.4 Å². The number of hydrogen-bond acceptors (Lipinski definition) is 5. The van der Waals surface area contributed by atoms with Crippen molar-refractivity contribution in [2.75, 3.05) is 33.5 Å². The molecule has 6 heteroatoms. The second kappa shape index (κ2) is 6.80. The Labute approximate surface area is 146 Å². The number of likely N-dealkylation sites (N-methyl/N-ethyl adjacent to an activating group) is 1. The van der Waals surface area contributed by atoms with Crippen molar-refractivity contribution in [3.05, 3.63) is 47.4 Å². The largest absolute Gasteiger partial charge is 0.469 e. The van der Waals surface area contributed by atoms with Gasteiger partial charge in [0, 0.05) is 31.6 Å². The average molecular weight is 342 g/mol. The maximum atomic E-state index is 12.6. The maximum absolute atomic E-state index is 12.6. The Morgan fingerprint density at radius 1 is 1.20 bits per heavy atom. The van der Waals surface area contributed by atoms with Gasteiger partial charge in [0.05, 0.1) is 6.26 Å². The molecule has 0 radical (unpaired) electrons. The fourth-order valence-corrected chi connectivity index (χ4v) is 3.34. The fraction of sp³-hybridized carbons (Fsp3) is 0.421. The molecule has 2 aromatic rings. The summed E-state index contributed by atoms with van der Waals surface area (Å²) in [4.78, 5) is 16.7. The normalized spacial score (nSPS) is 15.3. The molecule has 1 aromatic carbocycles. The molecule has 4 rings (SSSR count). The van der Waals surface area contributed by atoms with Gasteiger partial charge in [-0.1, -0.05) is 0 Å². The molecule has 2 aliphatic heterocycles.